The molecule has 0 radical (unpaired) electrons. The monoisotopic (exact) mass is 432 g/mol. The van der Waals surface area contributed by atoms with Crippen LogP contribution in [-0.4, -0.2) is 16.8 Å². The van der Waals surface area contributed by atoms with Crippen molar-refractivity contribution in [1.29, 1.82) is 0 Å². The van der Waals surface area contributed by atoms with Gasteiger partial charge in [-0.25, -0.2) is 0 Å². The summed E-state index contributed by atoms with van der Waals surface area (Å²) in [7, 11) is 0. The molecule has 1 heterocycles. The van der Waals surface area contributed by atoms with Gasteiger partial charge in [0.2, 0.25) is 0 Å². The maximum Gasteiger partial charge on any atom is 0.313 e. The van der Waals surface area contributed by atoms with Crippen molar-refractivity contribution in [3.8, 4) is 11.3 Å². The fraction of sp³-hybridized carbons (Fsp3) is 0.227. The molecule has 0 bridgehead atoms. The third-order valence-corrected chi connectivity index (χ3v) is 6.76. The number of hydrogen-bond acceptors (Lipinski definition) is 4. The molecule has 1 N–H and O–H groups in total. The van der Waals surface area contributed by atoms with Crippen LogP contribution in [0.4, 0.5) is 0 Å². The van der Waals surface area contributed by atoms with Crippen LogP contribution in [0.3, 0.4) is 0 Å². The average Bonchev–Trinajstić information content (AvgIpc) is 3.03. The summed E-state index contributed by atoms with van der Waals surface area (Å²) in [6, 6.07) is 16.2. The quantitative estimate of drug-likeness (QED) is 0.395. The van der Waals surface area contributed by atoms with Gasteiger partial charge in [0.25, 0.3) is 0 Å². The van der Waals surface area contributed by atoms with Crippen molar-refractivity contribution in [2.45, 2.75) is 30.2 Å². The van der Waals surface area contributed by atoms with Gasteiger partial charge in [0, 0.05) is 27.5 Å². The molecule has 3 rings (SSSR count). The van der Waals surface area contributed by atoms with E-state index in [2.05, 4.69) is 37.3 Å². The number of carboxylic acids is 1. The van der Waals surface area contributed by atoms with Crippen molar-refractivity contribution >= 4 is 41.1 Å². The molecule has 0 fully saturated rings. The highest BCUT2D eigenvalue weighted by atomic mass is 35.5. The van der Waals surface area contributed by atoms with Crippen LogP contribution in [0.2, 0.25) is 5.02 Å². The Morgan fingerprint density at radius 2 is 1.82 bits per heavy atom. The van der Waals surface area contributed by atoms with E-state index in [9.17, 15) is 4.79 Å². The number of carbonyl (C=O) groups is 1. The second-order valence-corrected chi connectivity index (χ2v) is 8.91. The minimum atomic E-state index is -0.798. The highest BCUT2D eigenvalue weighted by Gasteiger charge is 2.11. The first-order valence-electron chi connectivity index (χ1n) is 8.79. The van der Waals surface area contributed by atoms with Crippen LogP contribution in [0.25, 0.3) is 11.3 Å². The molecule has 0 amide bonds. The zero-order valence-electron chi connectivity index (χ0n) is 15.7. The fourth-order valence-electron chi connectivity index (χ4n) is 2.68. The topological polar surface area (TPSA) is 50.4 Å². The summed E-state index contributed by atoms with van der Waals surface area (Å²) in [6.07, 6.45) is 0. The van der Waals surface area contributed by atoms with Crippen LogP contribution < -0.4 is 0 Å². The first-order valence-corrected chi connectivity index (χ1v) is 11.3. The molecule has 0 atom stereocenters. The van der Waals surface area contributed by atoms with Crippen molar-refractivity contribution in [2.24, 2.45) is 0 Å². The molecule has 146 valence electrons. The highest BCUT2D eigenvalue weighted by Crippen LogP contribution is 2.34. The lowest BCUT2D eigenvalue weighted by Crippen LogP contribution is -1.98. The van der Waals surface area contributed by atoms with Gasteiger partial charge in [-0.15, -0.1) is 23.5 Å². The molecule has 0 aliphatic rings. The van der Waals surface area contributed by atoms with E-state index in [0.717, 1.165) is 38.9 Å². The number of furan rings is 1. The lowest BCUT2D eigenvalue weighted by atomic mass is 10.1. The Hall–Kier alpha value is -1.82. The van der Waals surface area contributed by atoms with E-state index in [-0.39, 0.29) is 5.75 Å². The van der Waals surface area contributed by atoms with Crippen LogP contribution in [0.15, 0.2) is 57.8 Å². The van der Waals surface area contributed by atoms with E-state index < -0.39 is 5.97 Å². The van der Waals surface area contributed by atoms with Gasteiger partial charge in [0.05, 0.1) is 10.8 Å². The molecule has 28 heavy (non-hydrogen) atoms. The summed E-state index contributed by atoms with van der Waals surface area (Å²) in [5, 5.41) is 9.47. The molecule has 0 unspecified atom stereocenters. The molecule has 0 aliphatic heterocycles. The molecule has 3 aromatic rings. The second-order valence-electron chi connectivity index (χ2n) is 6.50. The van der Waals surface area contributed by atoms with Gasteiger partial charge in [0.1, 0.15) is 11.5 Å². The van der Waals surface area contributed by atoms with Crippen molar-refractivity contribution in [3.05, 3.63) is 76.0 Å². The molecule has 1 aromatic heterocycles. The van der Waals surface area contributed by atoms with Crippen LogP contribution in [0, 0.1) is 13.8 Å². The number of aliphatic carboxylic acids is 1. The number of hydrogen-bond donors (Lipinski definition) is 1. The number of benzene rings is 2. The highest BCUT2D eigenvalue weighted by molar-refractivity contribution is 7.99. The van der Waals surface area contributed by atoms with E-state index in [1.165, 1.54) is 17.3 Å². The van der Waals surface area contributed by atoms with E-state index in [4.69, 9.17) is 21.1 Å². The molecule has 0 saturated heterocycles. The molecular formula is C22H21ClO3S2. The third-order valence-electron chi connectivity index (χ3n) is 4.23. The summed E-state index contributed by atoms with van der Waals surface area (Å²) in [5.41, 5.74) is 4.50. The molecule has 3 nitrogen and oxygen atoms in total. The molecular weight excluding hydrogens is 412 g/mol. The van der Waals surface area contributed by atoms with Gasteiger partial charge in [-0.05, 0) is 37.6 Å². The predicted molar refractivity (Wildman–Crippen MR) is 118 cm³/mol. The first kappa shape index (κ1) is 20.9. The Bertz CT molecular complexity index is 964. The number of halogens is 1. The standard InChI is InChI=1S/C22H21ClO3S2/c1-14-3-6-17(7-4-14)20-10-18(15(2)26-20)12-28-21-9-16(5-8-19(21)23)11-27-13-22(24)25/h3-10H,11-13H2,1-2H3,(H,24,25). The third kappa shape index (κ3) is 5.60. The van der Waals surface area contributed by atoms with E-state index in [0.29, 0.717) is 10.8 Å². The van der Waals surface area contributed by atoms with Gasteiger partial charge in [0.15, 0.2) is 0 Å². The number of rotatable bonds is 8. The second kappa shape index (κ2) is 9.59. The van der Waals surface area contributed by atoms with E-state index in [1.807, 2.05) is 25.1 Å². The number of carboxylic acid groups (broad SMARTS) is 1. The van der Waals surface area contributed by atoms with Crippen molar-refractivity contribution in [3.63, 3.8) is 0 Å². The van der Waals surface area contributed by atoms with E-state index >= 15 is 0 Å². The first-order chi connectivity index (χ1) is 13.4. The largest absolute Gasteiger partial charge is 0.481 e. The summed E-state index contributed by atoms with van der Waals surface area (Å²) in [4.78, 5) is 11.7. The van der Waals surface area contributed by atoms with Gasteiger partial charge in [-0.1, -0.05) is 47.5 Å². The van der Waals surface area contributed by atoms with Crippen LogP contribution in [0.5, 0.6) is 0 Å². The number of thioether (sulfide) groups is 2. The minimum Gasteiger partial charge on any atom is -0.481 e. The molecule has 0 spiro atoms. The smallest absolute Gasteiger partial charge is 0.313 e. The van der Waals surface area contributed by atoms with Gasteiger partial charge >= 0.3 is 5.97 Å². The maximum absolute atomic E-state index is 10.7. The van der Waals surface area contributed by atoms with Crippen molar-refractivity contribution < 1.29 is 14.3 Å². The Morgan fingerprint density at radius 3 is 2.54 bits per heavy atom. The Morgan fingerprint density at radius 1 is 1.07 bits per heavy atom. The Kier molecular flexibility index (Phi) is 7.16. The molecule has 2 aromatic carbocycles. The van der Waals surface area contributed by atoms with Crippen LogP contribution in [0.1, 0.15) is 22.5 Å². The Balaban J connectivity index is 1.68. The average molecular weight is 433 g/mol. The summed E-state index contributed by atoms with van der Waals surface area (Å²) < 4.78 is 5.95. The van der Waals surface area contributed by atoms with Crippen LogP contribution in [-0.2, 0) is 16.3 Å². The lowest BCUT2D eigenvalue weighted by Gasteiger charge is -2.07. The molecule has 0 aliphatic carbocycles. The zero-order valence-corrected chi connectivity index (χ0v) is 18.1. The predicted octanol–water partition coefficient (Wildman–Crippen LogP) is 6.83. The summed E-state index contributed by atoms with van der Waals surface area (Å²) in [5.74, 6) is 2.49. The SMILES string of the molecule is Cc1ccc(-c2cc(CSc3cc(CSCC(=O)O)ccc3Cl)c(C)o2)cc1. The Labute approximate surface area is 178 Å². The number of aryl methyl sites for hydroxylation is 2. The molecule has 0 saturated carbocycles. The van der Waals surface area contributed by atoms with E-state index in [1.54, 1.807) is 11.8 Å². The minimum absolute atomic E-state index is 0.0983. The van der Waals surface area contributed by atoms with Gasteiger partial charge < -0.3 is 9.52 Å². The summed E-state index contributed by atoms with van der Waals surface area (Å²) >= 11 is 9.40. The van der Waals surface area contributed by atoms with Crippen LogP contribution >= 0.6 is 35.1 Å². The normalized spacial score (nSPS) is 11.0. The van der Waals surface area contributed by atoms with Gasteiger partial charge in [-0.3, -0.25) is 4.79 Å². The lowest BCUT2D eigenvalue weighted by molar-refractivity contribution is -0.133. The zero-order chi connectivity index (χ0) is 20.1. The van der Waals surface area contributed by atoms with Crippen molar-refractivity contribution in [2.75, 3.05) is 5.75 Å². The van der Waals surface area contributed by atoms with Gasteiger partial charge in [-0.2, -0.15) is 0 Å². The maximum atomic E-state index is 10.7. The van der Waals surface area contributed by atoms with Crippen molar-refractivity contribution in [1.82, 2.24) is 0 Å². The fourth-order valence-corrected chi connectivity index (χ4v) is 4.69. The molecule has 6 heteroatoms. The summed E-state index contributed by atoms with van der Waals surface area (Å²) in [6.45, 7) is 4.05.